The van der Waals surface area contributed by atoms with E-state index < -0.39 is 0 Å². The standard InChI is InChI=1S/C8H9N2/c1-2-4-8-7(3-1)5-9-6-10-8/h1-3,9-10H,5-6H2. The van der Waals surface area contributed by atoms with Gasteiger partial charge < -0.3 is 5.32 Å². The highest BCUT2D eigenvalue weighted by Crippen LogP contribution is 2.15. The molecule has 0 unspecified atom stereocenters. The zero-order valence-corrected chi connectivity index (χ0v) is 5.65. The topological polar surface area (TPSA) is 24.1 Å². The van der Waals surface area contributed by atoms with Gasteiger partial charge in [-0.1, -0.05) is 18.2 Å². The second kappa shape index (κ2) is 2.31. The second-order valence-corrected chi connectivity index (χ2v) is 2.35. The number of benzene rings is 1. The third-order valence-corrected chi connectivity index (χ3v) is 1.65. The quantitative estimate of drug-likeness (QED) is 0.550. The predicted octanol–water partition coefficient (Wildman–Crippen LogP) is 0.959. The molecule has 0 saturated carbocycles. The molecule has 1 aromatic carbocycles. The van der Waals surface area contributed by atoms with Gasteiger partial charge in [-0.25, -0.2) is 0 Å². The fourth-order valence-electron chi connectivity index (χ4n) is 1.13. The third-order valence-electron chi connectivity index (χ3n) is 1.65. The molecule has 2 rings (SSSR count). The maximum absolute atomic E-state index is 3.21. The van der Waals surface area contributed by atoms with Crippen molar-refractivity contribution >= 4 is 5.69 Å². The molecule has 0 saturated heterocycles. The molecule has 2 nitrogen and oxygen atoms in total. The van der Waals surface area contributed by atoms with Crippen LogP contribution in [0, 0.1) is 6.07 Å². The first kappa shape index (κ1) is 5.74. The maximum Gasteiger partial charge on any atom is 0.0656 e. The monoisotopic (exact) mass is 133 g/mol. The molecule has 1 aliphatic rings. The van der Waals surface area contributed by atoms with Crippen molar-refractivity contribution in [3.63, 3.8) is 0 Å². The zero-order valence-electron chi connectivity index (χ0n) is 5.65. The molecule has 51 valence electrons. The molecular weight excluding hydrogens is 124 g/mol. The van der Waals surface area contributed by atoms with E-state index in [0.29, 0.717) is 0 Å². The Kier molecular flexibility index (Phi) is 1.32. The summed E-state index contributed by atoms with van der Waals surface area (Å²) in [6.07, 6.45) is 0. The summed E-state index contributed by atoms with van der Waals surface area (Å²) in [7, 11) is 0. The fourth-order valence-corrected chi connectivity index (χ4v) is 1.13. The number of hydrogen-bond acceptors (Lipinski definition) is 2. The van der Waals surface area contributed by atoms with Crippen LogP contribution in [0.15, 0.2) is 18.2 Å². The van der Waals surface area contributed by atoms with Crippen LogP contribution in [0.4, 0.5) is 5.69 Å². The lowest BCUT2D eigenvalue weighted by Crippen LogP contribution is -2.27. The molecule has 10 heavy (non-hydrogen) atoms. The van der Waals surface area contributed by atoms with Gasteiger partial charge in [0.1, 0.15) is 0 Å². The number of para-hydroxylation sites is 1. The van der Waals surface area contributed by atoms with Crippen LogP contribution in [0.5, 0.6) is 0 Å². The molecule has 0 atom stereocenters. The molecule has 2 N–H and O–H groups in total. The van der Waals surface area contributed by atoms with E-state index in [4.69, 9.17) is 0 Å². The first-order valence-electron chi connectivity index (χ1n) is 3.41. The first-order valence-corrected chi connectivity index (χ1v) is 3.41. The van der Waals surface area contributed by atoms with E-state index in [-0.39, 0.29) is 0 Å². The van der Waals surface area contributed by atoms with Gasteiger partial charge in [0.15, 0.2) is 0 Å². The van der Waals surface area contributed by atoms with Crippen molar-refractivity contribution in [2.24, 2.45) is 0 Å². The third kappa shape index (κ3) is 0.866. The predicted molar refractivity (Wildman–Crippen MR) is 40.6 cm³/mol. The maximum atomic E-state index is 3.21. The molecule has 0 amide bonds. The number of hydrogen-bond donors (Lipinski definition) is 2. The molecule has 1 radical (unpaired) electrons. The van der Waals surface area contributed by atoms with Gasteiger partial charge in [0.2, 0.25) is 0 Å². The summed E-state index contributed by atoms with van der Waals surface area (Å²) in [6, 6.07) is 9.18. The van der Waals surface area contributed by atoms with Gasteiger partial charge in [0.05, 0.1) is 6.67 Å². The van der Waals surface area contributed by atoms with Gasteiger partial charge in [-0.15, -0.1) is 0 Å². The molecule has 0 aromatic heterocycles. The minimum atomic E-state index is 0.855. The van der Waals surface area contributed by atoms with Crippen molar-refractivity contribution < 1.29 is 0 Å². The Bertz CT molecular complexity index is 207. The summed E-state index contributed by atoms with van der Waals surface area (Å²) in [5, 5.41) is 6.41. The van der Waals surface area contributed by atoms with Crippen LogP contribution in [0.1, 0.15) is 5.56 Å². The van der Waals surface area contributed by atoms with E-state index in [9.17, 15) is 0 Å². The van der Waals surface area contributed by atoms with Crippen LogP contribution in [0.3, 0.4) is 0 Å². The lowest BCUT2D eigenvalue weighted by atomic mass is 10.1. The molecule has 1 aliphatic heterocycles. The smallest absolute Gasteiger partial charge is 0.0656 e. The Hall–Kier alpha value is -1.02. The molecule has 0 aliphatic carbocycles. The van der Waals surface area contributed by atoms with Gasteiger partial charge in [0.25, 0.3) is 0 Å². The summed E-state index contributed by atoms with van der Waals surface area (Å²) in [4.78, 5) is 0. The normalized spacial score (nSPS) is 15.6. The Morgan fingerprint density at radius 3 is 3.40 bits per heavy atom. The molecule has 0 spiro atoms. The minimum Gasteiger partial charge on any atom is -0.372 e. The largest absolute Gasteiger partial charge is 0.372 e. The highest BCUT2D eigenvalue weighted by molar-refractivity contribution is 5.51. The molecular formula is C8H9N2. The number of anilines is 1. The van der Waals surface area contributed by atoms with E-state index >= 15 is 0 Å². The summed E-state index contributed by atoms with van der Waals surface area (Å²) >= 11 is 0. The number of rotatable bonds is 0. The average molecular weight is 133 g/mol. The van der Waals surface area contributed by atoms with Crippen LogP contribution >= 0.6 is 0 Å². The minimum absolute atomic E-state index is 0.855. The lowest BCUT2D eigenvalue weighted by molar-refractivity contribution is 0.709. The Morgan fingerprint density at radius 2 is 2.50 bits per heavy atom. The summed E-state index contributed by atoms with van der Waals surface area (Å²) in [5.74, 6) is 0. The van der Waals surface area contributed by atoms with Crippen LogP contribution < -0.4 is 10.6 Å². The molecule has 0 fully saturated rings. The molecule has 1 heterocycles. The van der Waals surface area contributed by atoms with Crippen LogP contribution in [0.25, 0.3) is 0 Å². The summed E-state index contributed by atoms with van der Waals surface area (Å²) in [5.41, 5.74) is 2.44. The van der Waals surface area contributed by atoms with Crippen molar-refractivity contribution in [1.82, 2.24) is 5.32 Å². The highest BCUT2D eigenvalue weighted by atomic mass is 15.1. The van der Waals surface area contributed by atoms with Crippen molar-refractivity contribution in [3.8, 4) is 0 Å². The Balaban J connectivity index is 2.41. The molecule has 2 heteroatoms. The van der Waals surface area contributed by atoms with Crippen LogP contribution in [-0.2, 0) is 6.54 Å². The second-order valence-electron chi connectivity index (χ2n) is 2.35. The first-order chi connectivity index (χ1) is 4.97. The number of nitrogens with one attached hydrogen (secondary N) is 2. The van der Waals surface area contributed by atoms with Crippen molar-refractivity contribution in [1.29, 1.82) is 0 Å². The van der Waals surface area contributed by atoms with Crippen LogP contribution in [-0.4, -0.2) is 6.67 Å². The van der Waals surface area contributed by atoms with E-state index in [2.05, 4.69) is 22.8 Å². The van der Waals surface area contributed by atoms with Gasteiger partial charge in [0, 0.05) is 18.3 Å². The van der Waals surface area contributed by atoms with E-state index in [1.165, 1.54) is 5.56 Å². The highest BCUT2D eigenvalue weighted by Gasteiger charge is 2.04. The van der Waals surface area contributed by atoms with Crippen molar-refractivity contribution in [3.05, 3.63) is 29.8 Å². The summed E-state index contributed by atoms with van der Waals surface area (Å²) in [6.45, 7) is 1.81. The Morgan fingerprint density at radius 1 is 1.50 bits per heavy atom. The van der Waals surface area contributed by atoms with Gasteiger partial charge in [-0.3, -0.25) is 5.32 Å². The van der Waals surface area contributed by atoms with Crippen molar-refractivity contribution in [2.45, 2.75) is 6.54 Å². The average Bonchev–Trinajstić information content (AvgIpc) is 2.05. The van der Waals surface area contributed by atoms with Gasteiger partial charge >= 0.3 is 0 Å². The van der Waals surface area contributed by atoms with E-state index in [0.717, 1.165) is 18.9 Å². The SMILES string of the molecule is [c]1cccc2c1NCNC2. The van der Waals surface area contributed by atoms with Crippen molar-refractivity contribution in [2.75, 3.05) is 12.0 Å². The zero-order chi connectivity index (χ0) is 6.81. The number of fused-ring (bicyclic) bond motifs is 1. The molecule has 0 bridgehead atoms. The lowest BCUT2D eigenvalue weighted by Gasteiger charge is -2.17. The summed E-state index contributed by atoms with van der Waals surface area (Å²) < 4.78 is 0. The molecule has 1 aromatic rings. The Labute approximate surface area is 60.3 Å². The fraction of sp³-hybridized carbons (Fsp3) is 0.250. The van der Waals surface area contributed by atoms with E-state index in [1.807, 2.05) is 12.1 Å². The van der Waals surface area contributed by atoms with E-state index in [1.54, 1.807) is 0 Å². The van der Waals surface area contributed by atoms with Crippen LogP contribution in [0.2, 0.25) is 0 Å². The van der Waals surface area contributed by atoms with Gasteiger partial charge in [-0.2, -0.15) is 0 Å². The van der Waals surface area contributed by atoms with Gasteiger partial charge in [-0.05, 0) is 5.56 Å².